The van der Waals surface area contributed by atoms with Crippen molar-refractivity contribution < 1.29 is 76.8 Å². The molecule has 0 aromatic heterocycles. The molecule has 1 rings (SSSR count). The fraction of sp³-hybridized carbons (Fsp3) is 0.750. The second-order valence-electron chi connectivity index (χ2n) is 10.1. The van der Waals surface area contributed by atoms with Crippen molar-refractivity contribution >= 4 is 35.4 Å². The molecule has 1 fully saturated rings. The monoisotopic (exact) mass is 707 g/mol. The third kappa shape index (κ3) is 18.2. The maximum absolute atomic E-state index is 13.4. The molecule has 6 amide bonds. The minimum absolute atomic E-state index is 0. The van der Waals surface area contributed by atoms with E-state index in [2.05, 4.69) is 31.9 Å². The molecule has 0 aliphatic carbocycles. The molecule has 1 heterocycles. The zero-order valence-electron chi connectivity index (χ0n) is 25.2. The summed E-state index contributed by atoms with van der Waals surface area (Å²) in [7, 11) is 0. The number of hydrogen-bond donors (Lipinski definition) is 12. The van der Waals surface area contributed by atoms with Gasteiger partial charge in [-0.3, -0.25) is 28.8 Å². The van der Waals surface area contributed by atoms with Gasteiger partial charge in [0.1, 0.15) is 38.3 Å². The number of rotatable bonds is 15. The maximum Gasteiger partial charge on any atom is 0.243 e. The van der Waals surface area contributed by atoms with E-state index in [9.17, 15) is 44.4 Å². The number of amides is 6. The molecule has 12 N–H and O–H groups in total. The maximum atomic E-state index is 13.4. The number of aliphatic hydroxyl groups excluding tert-OH is 3. The summed E-state index contributed by atoms with van der Waals surface area (Å²) in [6, 6.07) is -3.90. The third-order valence-corrected chi connectivity index (χ3v) is 6.45. The van der Waals surface area contributed by atoms with Crippen molar-refractivity contribution in [3.05, 3.63) is 0 Å². The average Bonchev–Trinajstić information content (AvgIpc) is 3.02. The van der Waals surface area contributed by atoms with Gasteiger partial charge in [-0.05, 0) is 38.5 Å². The minimum Gasteiger partial charge on any atom is -0.379 e. The molecule has 46 heavy (non-hydrogen) atoms. The van der Waals surface area contributed by atoms with Gasteiger partial charge in [-0.2, -0.15) is 15.2 Å². The largest absolute Gasteiger partial charge is 0.379 e. The summed E-state index contributed by atoms with van der Waals surface area (Å²) in [5, 5.41) is 71.6. The van der Waals surface area contributed by atoms with Crippen molar-refractivity contribution in [1.82, 2.24) is 47.1 Å². The summed E-state index contributed by atoms with van der Waals surface area (Å²) in [6.45, 7) is -4.01. The molecule has 0 spiro atoms. The van der Waals surface area contributed by atoms with Crippen molar-refractivity contribution in [1.29, 1.82) is 0 Å². The Morgan fingerprint density at radius 3 is 1.22 bits per heavy atom. The van der Waals surface area contributed by atoms with Crippen molar-refractivity contribution in [2.24, 2.45) is 0 Å². The van der Waals surface area contributed by atoms with Crippen molar-refractivity contribution in [2.75, 3.05) is 59.5 Å². The molecule has 0 aromatic rings. The van der Waals surface area contributed by atoms with Crippen LogP contribution in [-0.4, -0.2) is 159 Å². The molecular formula is C24H45FeN9O12. The SMILES string of the molecule is O=C1CNC(=O)CNC(=O)C(CCCN(O)CO)NC(=O)C(CCCN(O)CO)NC(=O)C(CCCN(O)CO)NC(=O)CN1.[Fe]. The first-order chi connectivity index (χ1) is 21.4. The fourth-order valence-electron chi connectivity index (χ4n) is 4.02. The van der Waals surface area contributed by atoms with Gasteiger partial charge in [-0.1, -0.05) is 0 Å². The van der Waals surface area contributed by atoms with Crippen LogP contribution in [0.4, 0.5) is 0 Å². The van der Waals surface area contributed by atoms with Gasteiger partial charge in [-0.25, -0.2) is 0 Å². The van der Waals surface area contributed by atoms with Gasteiger partial charge in [0.25, 0.3) is 0 Å². The molecule has 21 nitrogen and oxygen atoms in total. The molecule has 22 heteroatoms. The van der Waals surface area contributed by atoms with Gasteiger partial charge in [0, 0.05) is 36.7 Å². The van der Waals surface area contributed by atoms with Crippen LogP contribution in [0, 0.1) is 0 Å². The smallest absolute Gasteiger partial charge is 0.243 e. The predicted octanol–water partition coefficient (Wildman–Crippen LogP) is -5.94. The van der Waals surface area contributed by atoms with E-state index in [1.807, 2.05) is 0 Å². The Balaban J connectivity index is 0.0000202. The molecule has 0 bridgehead atoms. The van der Waals surface area contributed by atoms with E-state index in [0.29, 0.717) is 15.2 Å². The van der Waals surface area contributed by atoms with Crippen LogP contribution in [0.2, 0.25) is 0 Å². The Hall–Kier alpha value is -3.02. The van der Waals surface area contributed by atoms with Crippen LogP contribution in [0.1, 0.15) is 38.5 Å². The fourth-order valence-corrected chi connectivity index (χ4v) is 4.02. The summed E-state index contributed by atoms with van der Waals surface area (Å²) < 4.78 is 0. The Labute approximate surface area is 275 Å². The molecule has 3 atom stereocenters. The molecule has 3 unspecified atom stereocenters. The van der Waals surface area contributed by atoms with Crippen LogP contribution >= 0.6 is 0 Å². The first-order valence-electron chi connectivity index (χ1n) is 14.2. The average molecular weight is 708 g/mol. The number of carbonyl (C=O) groups excluding carboxylic acids is 6. The number of nitrogens with zero attached hydrogens (tertiary/aromatic N) is 3. The van der Waals surface area contributed by atoms with Gasteiger partial charge in [-0.15, -0.1) is 0 Å². The third-order valence-electron chi connectivity index (χ3n) is 6.45. The van der Waals surface area contributed by atoms with Crippen molar-refractivity contribution in [2.45, 2.75) is 56.7 Å². The summed E-state index contributed by atoms with van der Waals surface area (Å²) >= 11 is 0. The van der Waals surface area contributed by atoms with Crippen LogP contribution in [-0.2, 0) is 45.8 Å². The molecule has 0 aromatic carbocycles. The first kappa shape index (κ1) is 43.0. The molecule has 0 saturated carbocycles. The number of aliphatic hydroxyl groups is 3. The number of carbonyl (C=O) groups is 6. The zero-order valence-corrected chi connectivity index (χ0v) is 26.3. The standard InChI is InChI=1S/C24H45N9O12.Fe/c34-13-31(43)7-1-4-16-22(40)27-11-20(38)25-10-19(37)26-12-21(39)28-17(5-2-8-32(44)14-35)23(41)30-18(24(42)29-16)6-3-9-33(45)15-36;/h16-18,34-36,43-45H,1-15H2,(H,25,38)(H,26,37)(H,27,40)(H,28,39)(H,29,42)(H,30,41);. The second kappa shape index (κ2) is 24.2. The van der Waals surface area contributed by atoms with E-state index in [-0.39, 0.29) is 75.2 Å². The van der Waals surface area contributed by atoms with Crippen molar-refractivity contribution in [3.63, 3.8) is 0 Å². The van der Waals surface area contributed by atoms with E-state index < -0.39 is 93.4 Å². The Bertz CT molecular complexity index is 969. The molecule has 266 valence electrons. The zero-order chi connectivity index (χ0) is 33.8. The van der Waals surface area contributed by atoms with Gasteiger partial charge in [0.05, 0.1) is 19.6 Å². The van der Waals surface area contributed by atoms with Crippen LogP contribution in [0.3, 0.4) is 0 Å². The molecule has 0 radical (unpaired) electrons. The van der Waals surface area contributed by atoms with E-state index in [0.717, 1.165) is 0 Å². The Kier molecular flexibility index (Phi) is 22.6. The number of hydrogen-bond acceptors (Lipinski definition) is 15. The minimum atomic E-state index is -1.33. The van der Waals surface area contributed by atoms with E-state index >= 15 is 0 Å². The van der Waals surface area contributed by atoms with Crippen LogP contribution in [0.25, 0.3) is 0 Å². The summed E-state index contributed by atoms with van der Waals surface area (Å²) in [5.74, 6) is -4.75. The number of hydroxylamine groups is 6. The van der Waals surface area contributed by atoms with Crippen LogP contribution < -0.4 is 31.9 Å². The van der Waals surface area contributed by atoms with Gasteiger partial charge >= 0.3 is 0 Å². The summed E-state index contributed by atoms with van der Waals surface area (Å²) in [6.07, 6.45) is 0.00948. The van der Waals surface area contributed by atoms with Crippen LogP contribution in [0.15, 0.2) is 0 Å². The topological polar surface area (TPSA) is 306 Å². The van der Waals surface area contributed by atoms with E-state index in [1.165, 1.54) is 0 Å². The quantitative estimate of drug-likeness (QED) is 0.0429. The molecule has 1 aliphatic rings. The Morgan fingerprint density at radius 1 is 0.500 bits per heavy atom. The second-order valence-corrected chi connectivity index (χ2v) is 10.1. The molecule has 1 aliphatic heterocycles. The van der Waals surface area contributed by atoms with Gasteiger partial charge < -0.3 is 62.8 Å². The van der Waals surface area contributed by atoms with Crippen LogP contribution in [0.5, 0.6) is 0 Å². The molecule has 1 saturated heterocycles. The predicted molar refractivity (Wildman–Crippen MR) is 149 cm³/mol. The Morgan fingerprint density at radius 2 is 0.826 bits per heavy atom. The molecular weight excluding hydrogens is 662 g/mol. The normalized spacial score (nSPS) is 20.9. The van der Waals surface area contributed by atoms with E-state index in [1.54, 1.807) is 0 Å². The van der Waals surface area contributed by atoms with Gasteiger partial charge in [0.2, 0.25) is 35.4 Å². The van der Waals surface area contributed by atoms with E-state index in [4.69, 9.17) is 15.3 Å². The van der Waals surface area contributed by atoms with Gasteiger partial charge in [0.15, 0.2) is 0 Å². The first-order valence-corrected chi connectivity index (χ1v) is 14.2. The van der Waals surface area contributed by atoms with Crippen molar-refractivity contribution in [3.8, 4) is 0 Å². The number of nitrogens with one attached hydrogen (secondary N) is 6. The summed E-state index contributed by atoms with van der Waals surface area (Å²) in [4.78, 5) is 76.5. The summed E-state index contributed by atoms with van der Waals surface area (Å²) in [5.41, 5.74) is 0.